The highest BCUT2D eigenvalue weighted by atomic mass is 16.1. The van der Waals surface area contributed by atoms with Gasteiger partial charge in [0, 0.05) is 6.54 Å². The highest BCUT2D eigenvalue weighted by Gasteiger charge is 2.15. The summed E-state index contributed by atoms with van der Waals surface area (Å²) in [5, 5.41) is 0. The highest BCUT2D eigenvalue weighted by Crippen LogP contribution is 2.24. The number of nitrogens with zero attached hydrogens (tertiary/aromatic N) is 4. The normalized spacial score (nSPS) is 11.5. The molecular weight excluding hydrogens is 338 g/mol. The molecule has 1 N–H and O–H groups in total. The maximum atomic E-state index is 12.5. The first-order valence-corrected chi connectivity index (χ1v) is 9.11. The second kappa shape index (κ2) is 6.76. The molecule has 0 radical (unpaired) electrons. The molecule has 0 bridgehead atoms. The number of hydrogen-bond acceptors (Lipinski definition) is 2. The molecule has 136 valence electrons. The molecular formula is C21H21N5O. The van der Waals surface area contributed by atoms with E-state index in [4.69, 9.17) is 11.6 Å². The van der Waals surface area contributed by atoms with Crippen LogP contribution in [0.5, 0.6) is 0 Å². The zero-order chi connectivity index (χ0) is 19.0. The molecule has 0 saturated carbocycles. The van der Waals surface area contributed by atoms with Crippen LogP contribution in [0.25, 0.3) is 26.9 Å². The minimum absolute atomic E-state index is 0.138. The fourth-order valence-electron chi connectivity index (χ4n) is 3.40. The van der Waals surface area contributed by atoms with Crippen molar-refractivity contribution < 1.29 is 0 Å². The lowest BCUT2D eigenvalue weighted by Gasteiger charge is -2.11. The van der Waals surface area contributed by atoms with E-state index in [0.29, 0.717) is 18.2 Å². The van der Waals surface area contributed by atoms with Crippen molar-refractivity contribution in [2.45, 2.75) is 33.4 Å². The number of para-hydroxylation sites is 2. The van der Waals surface area contributed by atoms with Gasteiger partial charge >= 0.3 is 5.69 Å². The van der Waals surface area contributed by atoms with Crippen molar-refractivity contribution in [2.75, 3.05) is 0 Å². The Labute approximate surface area is 156 Å². The van der Waals surface area contributed by atoms with Gasteiger partial charge in [-0.2, -0.15) is 0 Å². The van der Waals surface area contributed by atoms with Gasteiger partial charge in [0.2, 0.25) is 0 Å². The molecule has 0 unspecified atom stereocenters. The van der Waals surface area contributed by atoms with Gasteiger partial charge in [-0.1, -0.05) is 32.0 Å². The fourth-order valence-corrected chi connectivity index (χ4v) is 3.40. The van der Waals surface area contributed by atoms with Crippen LogP contribution in [0.15, 0.2) is 47.3 Å². The number of hydrogen-bond donors (Lipinski definition) is 1. The van der Waals surface area contributed by atoms with E-state index in [9.17, 15) is 4.79 Å². The summed E-state index contributed by atoms with van der Waals surface area (Å²) in [5.74, 6) is 1.40. The van der Waals surface area contributed by atoms with E-state index in [2.05, 4.69) is 28.2 Å². The monoisotopic (exact) mass is 359 g/mol. The minimum Gasteiger partial charge on any atom is -0.327 e. The fraction of sp³-hybridized carbons (Fsp3) is 0.286. The van der Waals surface area contributed by atoms with Crippen LogP contribution in [0.2, 0.25) is 0 Å². The standard InChI is InChI=1S/C21H21N5O/c1-14(2)10-11-25-19-9-8-15(22-3)12-17(19)23-20(25)13-26-18-7-5-4-6-16(18)24-21(26)27/h4-9,12,14H,10-11,13H2,1-2H3,(H,24,27). The summed E-state index contributed by atoms with van der Waals surface area (Å²) in [6.07, 6.45) is 1.02. The van der Waals surface area contributed by atoms with Gasteiger partial charge in [0.1, 0.15) is 5.82 Å². The second-order valence-corrected chi connectivity index (χ2v) is 7.18. The molecule has 2 aromatic carbocycles. The average Bonchev–Trinajstić information content (AvgIpc) is 3.16. The Balaban J connectivity index is 1.84. The molecule has 6 nitrogen and oxygen atoms in total. The largest absolute Gasteiger partial charge is 0.327 e. The number of aromatic nitrogens is 4. The number of aromatic amines is 1. The molecule has 6 heteroatoms. The maximum Gasteiger partial charge on any atom is 0.326 e. The first-order chi connectivity index (χ1) is 13.1. The van der Waals surface area contributed by atoms with Crippen LogP contribution in [0, 0.1) is 12.5 Å². The molecule has 2 aromatic heterocycles. The van der Waals surface area contributed by atoms with Crippen LogP contribution in [0.3, 0.4) is 0 Å². The zero-order valence-corrected chi connectivity index (χ0v) is 15.4. The summed E-state index contributed by atoms with van der Waals surface area (Å²) in [7, 11) is 0. The molecule has 4 rings (SSSR count). The summed E-state index contributed by atoms with van der Waals surface area (Å²) < 4.78 is 3.90. The van der Waals surface area contributed by atoms with Crippen LogP contribution in [0.1, 0.15) is 26.1 Å². The third-order valence-corrected chi connectivity index (χ3v) is 4.85. The third kappa shape index (κ3) is 3.13. The van der Waals surface area contributed by atoms with Gasteiger partial charge in [-0.15, -0.1) is 0 Å². The first-order valence-electron chi connectivity index (χ1n) is 9.11. The molecule has 4 aromatic rings. The number of nitrogens with one attached hydrogen (secondary N) is 1. The number of imidazole rings is 2. The molecule has 0 saturated heterocycles. The maximum absolute atomic E-state index is 12.5. The lowest BCUT2D eigenvalue weighted by molar-refractivity contribution is 0.507. The number of rotatable bonds is 5. The summed E-state index contributed by atoms with van der Waals surface area (Å²) >= 11 is 0. The first kappa shape index (κ1) is 17.1. The third-order valence-electron chi connectivity index (χ3n) is 4.85. The van der Waals surface area contributed by atoms with Crippen molar-refractivity contribution in [3.63, 3.8) is 0 Å². The second-order valence-electron chi connectivity index (χ2n) is 7.18. The van der Waals surface area contributed by atoms with E-state index in [0.717, 1.165) is 40.9 Å². The highest BCUT2D eigenvalue weighted by molar-refractivity contribution is 5.80. The predicted molar refractivity (Wildman–Crippen MR) is 107 cm³/mol. The Kier molecular flexibility index (Phi) is 4.28. The van der Waals surface area contributed by atoms with Crippen molar-refractivity contribution in [3.05, 3.63) is 70.2 Å². The van der Waals surface area contributed by atoms with Crippen LogP contribution in [-0.2, 0) is 13.1 Å². The molecule has 0 aliphatic carbocycles. The van der Waals surface area contributed by atoms with Crippen molar-refractivity contribution in [1.82, 2.24) is 19.1 Å². The van der Waals surface area contributed by atoms with E-state index in [1.54, 1.807) is 4.57 Å². The smallest absolute Gasteiger partial charge is 0.326 e. The lowest BCUT2D eigenvalue weighted by Crippen LogP contribution is -2.20. The Hall–Kier alpha value is -3.33. The lowest BCUT2D eigenvalue weighted by atomic mass is 10.1. The Morgan fingerprint density at radius 3 is 2.74 bits per heavy atom. The average molecular weight is 359 g/mol. The molecule has 0 amide bonds. The van der Waals surface area contributed by atoms with Crippen LogP contribution in [-0.4, -0.2) is 19.1 Å². The SMILES string of the molecule is [C-]#[N+]c1ccc2c(c1)nc(Cn1c(=O)[nH]c3ccccc31)n2CCC(C)C. The van der Waals surface area contributed by atoms with Gasteiger partial charge < -0.3 is 9.55 Å². The quantitative estimate of drug-likeness (QED) is 0.539. The molecule has 0 aliphatic rings. The van der Waals surface area contributed by atoms with Gasteiger partial charge in [0.15, 0.2) is 5.69 Å². The molecule has 2 heterocycles. The summed E-state index contributed by atoms with van der Waals surface area (Å²) in [6, 6.07) is 13.3. The number of fused-ring (bicyclic) bond motifs is 2. The summed E-state index contributed by atoms with van der Waals surface area (Å²) in [4.78, 5) is 23.6. The Bertz CT molecular complexity index is 1220. The molecule has 0 atom stereocenters. The van der Waals surface area contributed by atoms with Gasteiger partial charge in [-0.3, -0.25) is 4.57 Å². The van der Waals surface area contributed by atoms with Crippen molar-refractivity contribution in [1.29, 1.82) is 0 Å². The Morgan fingerprint density at radius 2 is 1.96 bits per heavy atom. The molecule has 0 fully saturated rings. The summed E-state index contributed by atoms with van der Waals surface area (Å²) in [5.41, 5.74) is 3.93. The predicted octanol–water partition coefficient (Wildman–Crippen LogP) is 4.32. The van der Waals surface area contributed by atoms with E-state index in [-0.39, 0.29) is 5.69 Å². The number of H-pyrrole nitrogens is 1. The summed E-state index contributed by atoms with van der Waals surface area (Å²) in [6.45, 7) is 12.8. The van der Waals surface area contributed by atoms with Crippen molar-refractivity contribution in [2.24, 2.45) is 5.92 Å². The number of aryl methyl sites for hydroxylation is 1. The van der Waals surface area contributed by atoms with E-state index in [1.165, 1.54) is 0 Å². The van der Waals surface area contributed by atoms with E-state index >= 15 is 0 Å². The van der Waals surface area contributed by atoms with Crippen LogP contribution < -0.4 is 5.69 Å². The Morgan fingerprint density at radius 1 is 1.15 bits per heavy atom. The van der Waals surface area contributed by atoms with E-state index < -0.39 is 0 Å². The minimum atomic E-state index is -0.138. The van der Waals surface area contributed by atoms with Gasteiger partial charge in [-0.25, -0.2) is 14.6 Å². The molecule has 27 heavy (non-hydrogen) atoms. The van der Waals surface area contributed by atoms with Crippen LogP contribution in [0.4, 0.5) is 5.69 Å². The zero-order valence-electron chi connectivity index (χ0n) is 15.4. The van der Waals surface area contributed by atoms with Gasteiger partial charge in [0.05, 0.1) is 35.2 Å². The molecule has 0 aliphatic heterocycles. The van der Waals surface area contributed by atoms with Crippen molar-refractivity contribution in [3.8, 4) is 0 Å². The van der Waals surface area contributed by atoms with Crippen LogP contribution >= 0.6 is 0 Å². The van der Waals surface area contributed by atoms with Gasteiger partial charge in [-0.05, 0) is 36.6 Å². The van der Waals surface area contributed by atoms with Crippen molar-refractivity contribution >= 4 is 27.8 Å². The number of benzene rings is 2. The van der Waals surface area contributed by atoms with Gasteiger partial charge in [0.25, 0.3) is 0 Å². The van der Waals surface area contributed by atoms with E-state index in [1.807, 2.05) is 42.5 Å². The topological polar surface area (TPSA) is 60.0 Å². The molecule has 0 spiro atoms.